The second-order valence-electron chi connectivity index (χ2n) is 6.18. The molecule has 1 rings (SSSR count). The summed E-state index contributed by atoms with van der Waals surface area (Å²) in [7, 11) is 0. The number of nitrogens with one attached hydrogen (secondary N) is 1. The SMILES string of the molecule is CCC(CCl)(CCl)NC(=O)C1CCCCC1(C)C. The van der Waals surface area contributed by atoms with Crippen LogP contribution in [0.5, 0.6) is 0 Å². The van der Waals surface area contributed by atoms with E-state index >= 15 is 0 Å². The third-order valence-electron chi connectivity index (χ3n) is 4.40. The summed E-state index contributed by atoms with van der Waals surface area (Å²) in [5.41, 5.74) is -0.367. The van der Waals surface area contributed by atoms with Gasteiger partial charge in [0.15, 0.2) is 0 Å². The van der Waals surface area contributed by atoms with E-state index in [-0.39, 0.29) is 17.2 Å². The van der Waals surface area contributed by atoms with Gasteiger partial charge in [0.25, 0.3) is 0 Å². The van der Waals surface area contributed by atoms with Crippen molar-refractivity contribution in [1.82, 2.24) is 5.32 Å². The van der Waals surface area contributed by atoms with E-state index in [1.54, 1.807) is 0 Å². The Morgan fingerprint density at radius 2 is 1.94 bits per heavy atom. The van der Waals surface area contributed by atoms with Crippen LogP contribution in [0.2, 0.25) is 0 Å². The topological polar surface area (TPSA) is 29.1 Å². The van der Waals surface area contributed by atoms with Gasteiger partial charge in [-0.1, -0.05) is 33.6 Å². The lowest BCUT2D eigenvalue weighted by Crippen LogP contribution is -2.55. The molecule has 1 saturated carbocycles. The highest BCUT2D eigenvalue weighted by Crippen LogP contribution is 2.40. The van der Waals surface area contributed by atoms with Crippen molar-refractivity contribution in [3.8, 4) is 0 Å². The van der Waals surface area contributed by atoms with Gasteiger partial charge in [-0.15, -0.1) is 23.2 Å². The van der Waals surface area contributed by atoms with Crippen molar-refractivity contribution in [1.29, 1.82) is 0 Å². The van der Waals surface area contributed by atoms with E-state index in [2.05, 4.69) is 19.2 Å². The van der Waals surface area contributed by atoms with Crippen molar-refractivity contribution in [2.45, 2.75) is 58.4 Å². The first-order valence-electron chi connectivity index (χ1n) is 6.85. The maximum Gasteiger partial charge on any atom is 0.224 e. The van der Waals surface area contributed by atoms with E-state index in [0.717, 1.165) is 25.7 Å². The lowest BCUT2D eigenvalue weighted by atomic mass is 9.68. The first kappa shape index (κ1) is 16.1. The molecule has 1 atom stereocenters. The standard InChI is InChI=1S/C14H25Cl2NO/c1-4-14(9-15,10-16)17-12(18)11-7-5-6-8-13(11,2)3/h11H,4-10H2,1-3H3,(H,17,18). The summed E-state index contributed by atoms with van der Waals surface area (Å²) in [6.45, 7) is 6.38. The Morgan fingerprint density at radius 3 is 2.39 bits per heavy atom. The maximum absolute atomic E-state index is 12.5. The zero-order valence-corrected chi connectivity index (χ0v) is 13.2. The molecule has 0 aliphatic heterocycles. The molecule has 0 spiro atoms. The maximum atomic E-state index is 12.5. The van der Waals surface area contributed by atoms with Gasteiger partial charge in [-0.25, -0.2) is 0 Å². The first-order chi connectivity index (χ1) is 8.40. The molecule has 1 aliphatic carbocycles. The molecule has 0 heterocycles. The van der Waals surface area contributed by atoms with Gasteiger partial charge in [-0.2, -0.15) is 0 Å². The van der Waals surface area contributed by atoms with Crippen molar-refractivity contribution < 1.29 is 4.79 Å². The van der Waals surface area contributed by atoms with Crippen LogP contribution in [0.25, 0.3) is 0 Å². The fourth-order valence-corrected chi connectivity index (χ4v) is 3.51. The molecule has 4 heteroatoms. The Kier molecular flexibility index (Phi) is 5.79. The number of amides is 1. The minimum absolute atomic E-state index is 0.0838. The molecule has 1 unspecified atom stereocenters. The molecular formula is C14H25Cl2NO. The molecule has 0 bridgehead atoms. The molecule has 0 aromatic heterocycles. The normalized spacial score (nSPS) is 23.7. The van der Waals surface area contributed by atoms with Crippen LogP contribution in [0.4, 0.5) is 0 Å². The lowest BCUT2D eigenvalue weighted by molar-refractivity contribution is -0.131. The monoisotopic (exact) mass is 293 g/mol. The van der Waals surface area contributed by atoms with Gasteiger partial charge >= 0.3 is 0 Å². The smallest absolute Gasteiger partial charge is 0.224 e. The third-order valence-corrected chi connectivity index (χ3v) is 5.42. The van der Waals surface area contributed by atoms with Crippen LogP contribution in [0.1, 0.15) is 52.9 Å². The van der Waals surface area contributed by atoms with Crippen LogP contribution in [-0.4, -0.2) is 23.2 Å². The van der Waals surface area contributed by atoms with Crippen LogP contribution in [0.3, 0.4) is 0 Å². The van der Waals surface area contributed by atoms with Gasteiger partial charge in [0.1, 0.15) is 0 Å². The van der Waals surface area contributed by atoms with E-state index < -0.39 is 5.54 Å². The van der Waals surface area contributed by atoms with Gasteiger partial charge in [-0.3, -0.25) is 4.79 Å². The first-order valence-corrected chi connectivity index (χ1v) is 7.91. The van der Waals surface area contributed by atoms with Gasteiger partial charge in [0.05, 0.1) is 5.54 Å². The molecule has 0 radical (unpaired) electrons. The minimum Gasteiger partial charge on any atom is -0.348 e. The quantitative estimate of drug-likeness (QED) is 0.764. The Bertz CT molecular complexity index is 279. The largest absolute Gasteiger partial charge is 0.348 e. The number of hydrogen-bond acceptors (Lipinski definition) is 1. The number of carbonyl (C=O) groups is 1. The average molecular weight is 294 g/mol. The molecule has 1 aliphatic rings. The van der Waals surface area contributed by atoms with Crippen molar-refractivity contribution in [3.05, 3.63) is 0 Å². The Labute approximate surface area is 121 Å². The van der Waals surface area contributed by atoms with Gasteiger partial charge in [0.2, 0.25) is 5.91 Å². The van der Waals surface area contributed by atoms with Gasteiger partial charge in [-0.05, 0) is 24.7 Å². The molecule has 0 aromatic rings. The third kappa shape index (κ3) is 3.54. The molecule has 1 amide bonds. The summed E-state index contributed by atoms with van der Waals surface area (Å²) in [5, 5.41) is 3.10. The van der Waals surface area contributed by atoms with E-state index in [0.29, 0.717) is 11.8 Å². The van der Waals surface area contributed by atoms with E-state index in [1.165, 1.54) is 6.42 Å². The number of rotatable bonds is 5. The molecule has 106 valence electrons. The fraction of sp³-hybridized carbons (Fsp3) is 0.929. The number of alkyl halides is 2. The number of halogens is 2. The van der Waals surface area contributed by atoms with Crippen LogP contribution in [0, 0.1) is 11.3 Å². The summed E-state index contributed by atoms with van der Waals surface area (Å²) < 4.78 is 0. The molecule has 0 saturated heterocycles. The summed E-state index contributed by atoms with van der Waals surface area (Å²) in [4.78, 5) is 12.5. The van der Waals surface area contributed by atoms with Crippen molar-refractivity contribution in [3.63, 3.8) is 0 Å². The van der Waals surface area contributed by atoms with Crippen LogP contribution < -0.4 is 5.32 Å². The molecule has 0 aromatic carbocycles. The Balaban J connectivity index is 2.74. The number of hydrogen-bond donors (Lipinski definition) is 1. The van der Waals surface area contributed by atoms with Crippen molar-refractivity contribution >= 4 is 29.1 Å². The zero-order chi connectivity index (χ0) is 13.8. The summed E-state index contributed by atoms with van der Waals surface area (Å²) >= 11 is 12.0. The molecule has 1 fully saturated rings. The average Bonchev–Trinajstić information content (AvgIpc) is 2.35. The van der Waals surface area contributed by atoms with E-state index in [4.69, 9.17) is 23.2 Å². The number of carbonyl (C=O) groups excluding carboxylic acids is 1. The van der Waals surface area contributed by atoms with Crippen LogP contribution >= 0.6 is 23.2 Å². The van der Waals surface area contributed by atoms with E-state index in [1.807, 2.05) is 6.92 Å². The highest BCUT2D eigenvalue weighted by molar-refractivity contribution is 6.22. The second kappa shape index (κ2) is 6.47. The van der Waals surface area contributed by atoms with Crippen molar-refractivity contribution in [2.24, 2.45) is 11.3 Å². The predicted octanol–water partition coefficient (Wildman–Crippen LogP) is 3.95. The van der Waals surface area contributed by atoms with E-state index in [9.17, 15) is 4.79 Å². The molecule has 18 heavy (non-hydrogen) atoms. The predicted molar refractivity (Wildman–Crippen MR) is 78.3 cm³/mol. The Morgan fingerprint density at radius 1 is 1.33 bits per heavy atom. The van der Waals surface area contributed by atoms with Gasteiger partial charge < -0.3 is 5.32 Å². The zero-order valence-electron chi connectivity index (χ0n) is 11.7. The summed E-state index contributed by atoms with van der Waals surface area (Å²) in [5.74, 6) is 0.948. The van der Waals surface area contributed by atoms with Crippen molar-refractivity contribution in [2.75, 3.05) is 11.8 Å². The van der Waals surface area contributed by atoms with Crippen LogP contribution in [-0.2, 0) is 4.79 Å². The second-order valence-corrected chi connectivity index (χ2v) is 6.71. The highest BCUT2D eigenvalue weighted by atomic mass is 35.5. The molecule has 1 N–H and O–H groups in total. The molecule has 2 nitrogen and oxygen atoms in total. The summed E-state index contributed by atoms with van der Waals surface area (Å²) in [6.07, 6.45) is 5.22. The van der Waals surface area contributed by atoms with Gasteiger partial charge in [0, 0.05) is 17.7 Å². The highest BCUT2D eigenvalue weighted by Gasteiger charge is 2.39. The Hall–Kier alpha value is 0.0500. The minimum atomic E-state index is -0.451. The van der Waals surface area contributed by atoms with Crippen LogP contribution in [0.15, 0.2) is 0 Å². The molecular weight excluding hydrogens is 269 g/mol. The summed E-state index contributed by atoms with van der Waals surface area (Å²) in [6, 6.07) is 0. The fourth-order valence-electron chi connectivity index (χ4n) is 2.71. The lowest BCUT2D eigenvalue weighted by Gasteiger charge is -2.40.